The summed E-state index contributed by atoms with van der Waals surface area (Å²) < 4.78 is 5.58. The van der Waals surface area contributed by atoms with E-state index >= 15 is 0 Å². The van der Waals surface area contributed by atoms with Gasteiger partial charge >= 0.3 is 0 Å². The lowest BCUT2D eigenvalue weighted by atomic mass is 10.1. The maximum atomic E-state index is 5.58. The van der Waals surface area contributed by atoms with Gasteiger partial charge in [-0.1, -0.05) is 5.92 Å². The fourth-order valence-electron chi connectivity index (χ4n) is 1.52. The number of hydrogen-bond donors (Lipinski definition) is 0. The second-order valence-corrected chi connectivity index (χ2v) is 3.39. The fourth-order valence-corrected chi connectivity index (χ4v) is 1.52. The summed E-state index contributed by atoms with van der Waals surface area (Å²) in [5.74, 6) is 2.63. The molecular weight excluding hydrogens is 150 g/mol. The number of terminal acetylenes is 1. The molecule has 0 aliphatic carbocycles. The molecule has 1 aliphatic heterocycles. The molecule has 0 radical (unpaired) electrons. The van der Waals surface area contributed by atoms with Gasteiger partial charge in [-0.15, -0.1) is 6.42 Å². The molecule has 68 valence electrons. The van der Waals surface area contributed by atoms with Crippen LogP contribution in [0.4, 0.5) is 0 Å². The molecule has 0 saturated carbocycles. The molecule has 0 aromatic heterocycles. The van der Waals surface area contributed by atoms with E-state index in [4.69, 9.17) is 11.2 Å². The fraction of sp³-hybridized carbons (Fsp3) is 0.800. The van der Waals surface area contributed by atoms with Gasteiger partial charge in [0, 0.05) is 13.2 Å². The third-order valence-electron chi connectivity index (χ3n) is 2.15. The summed E-state index contributed by atoms with van der Waals surface area (Å²) in [6, 6.07) is 0. The average molecular weight is 167 g/mol. The predicted octanol–water partition coefficient (Wildman–Crippen LogP) is 1.12. The SMILES string of the molecule is C#CCN(C)CC1CCCCO1. The van der Waals surface area contributed by atoms with Crippen LogP contribution in [-0.4, -0.2) is 37.7 Å². The van der Waals surface area contributed by atoms with Crippen molar-refractivity contribution in [1.29, 1.82) is 0 Å². The van der Waals surface area contributed by atoms with E-state index in [0.29, 0.717) is 6.10 Å². The first-order valence-corrected chi connectivity index (χ1v) is 4.56. The zero-order valence-electron chi connectivity index (χ0n) is 7.75. The number of rotatable bonds is 3. The van der Waals surface area contributed by atoms with E-state index in [9.17, 15) is 0 Å². The van der Waals surface area contributed by atoms with Crippen LogP contribution in [0.2, 0.25) is 0 Å². The topological polar surface area (TPSA) is 12.5 Å². The van der Waals surface area contributed by atoms with Crippen molar-refractivity contribution in [2.45, 2.75) is 25.4 Å². The molecule has 0 amide bonds. The summed E-state index contributed by atoms with van der Waals surface area (Å²) >= 11 is 0. The van der Waals surface area contributed by atoms with Crippen LogP contribution in [0.3, 0.4) is 0 Å². The van der Waals surface area contributed by atoms with Crippen LogP contribution in [0.5, 0.6) is 0 Å². The van der Waals surface area contributed by atoms with Crippen molar-refractivity contribution in [3.8, 4) is 12.3 Å². The first-order chi connectivity index (χ1) is 5.83. The van der Waals surface area contributed by atoms with Gasteiger partial charge in [0.05, 0.1) is 12.6 Å². The van der Waals surface area contributed by atoms with Gasteiger partial charge in [0.1, 0.15) is 0 Å². The smallest absolute Gasteiger partial charge is 0.0702 e. The van der Waals surface area contributed by atoms with Crippen LogP contribution >= 0.6 is 0 Å². The van der Waals surface area contributed by atoms with Crippen LogP contribution in [-0.2, 0) is 4.74 Å². The summed E-state index contributed by atoms with van der Waals surface area (Å²) in [4.78, 5) is 2.13. The summed E-state index contributed by atoms with van der Waals surface area (Å²) in [5, 5.41) is 0. The third-order valence-corrected chi connectivity index (χ3v) is 2.15. The highest BCUT2D eigenvalue weighted by atomic mass is 16.5. The molecule has 2 heteroatoms. The van der Waals surface area contributed by atoms with Crippen molar-refractivity contribution < 1.29 is 4.74 Å². The highest BCUT2D eigenvalue weighted by Gasteiger charge is 2.14. The van der Waals surface area contributed by atoms with Crippen molar-refractivity contribution in [1.82, 2.24) is 4.90 Å². The molecule has 0 bridgehead atoms. The van der Waals surface area contributed by atoms with Gasteiger partial charge in [-0.25, -0.2) is 0 Å². The molecule has 0 N–H and O–H groups in total. The van der Waals surface area contributed by atoms with E-state index in [2.05, 4.69) is 10.8 Å². The first kappa shape index (κ1) is 9.57. The summed E-state index contributed by atoms with van der Waals surface area (Å²) in [6.45, 7) is 2.62. The van der Waals surface area contributed by atoms with Crippen LogP contribution in [0, 0.1) is 12.3 Å². The largest absolute Gasteiger partial charge is 0.377 e. The molecule has 1 rings (SSSR count). The number of hydrogen-bond acceptors (Lipinski definition) is 2. The molecule has 1 saturated heterocycles. The van der Waals surface area contributed by atoms with Crippen LogP contribution in [0.1, 0.15) is 19.3 Å². The lowest BCUT2D eigenvalue weighted by Crippen LogP contribution is -2.33. The van der Waals surface area contributed by atoms with E-state index in [0.717, 1.165) is 19.7 Å². The Bertz CT molecular complexity index is 156. The van der Waals surface area contributed by atoms with Gasteiger partial charge in [-0.3, -0.25) is 4.90 Å². The van der Waals surface area contributed by atoms with Gasteiger partial charge < -0.3 is 4.74 Å². The third kappa shape index (κ3) is 3.25. The van der Waals surface area contributed by atoms with E-state index in [1.165, 1.54) is 19.3 Å². The maximum Gasteiger partial charge on any atom is 0.0702 e. The van der Waals surface area contributed by atoms with Gasteiger partial charge in [-0.2, -0.15) is 0 Å². The second kappa shape index (κ2) is 5.18. The highest BCUT2D eigenvalue weighted by Crippen LogP contribution is 2.12. The zero-order chi connectivity index (χ0) is 8.81. The molecule has 0 aromatic carbocycles. The normalized spacial score (nSPS) is 23.9. The molecule has 2 nitrogen and oxygen atoms in total. The summed E-state index contributed by atoms with van der Waals surface area (Å²) in [5.41, 5.74) is 0. The Balaban J connectivity index is 2.16. The molecule has 1 atom stereocenters. The molecule has 1 unspecified atom stereocenters. The van der Waals surface area contributed by atoms with Gasteiger partial charge in [-0.05, 0) is 26.3 Å². The Morgan fingerprint density at radius 2 is 2.42 bits per heavy atom. The molecule has 12 heavy (non-hydrogen) atoms. The molecule has 0 spiro atoms. The van der Waals surface area contributed by atoms with Crippen molar-refractivity contribution in [2.24, 2.45) is 0 Å². The minimum absolute atomic E-state index is 0.414. The Hall–Kier alpha value is -0.520. The van der Waals surface area contributed by atoms with Crippen molar-refractivity contribution in [3.63, 3.8) is 0 Å². The molecule has 0 aromatic rings. The van der Waals surface area contributed by atoms with E-state index < -0.39 is 0 Å². The Kier molecular flexibility index (Phi) is 4.13. The first-order valence-electron chi connectivity index (χ1n) is 4.56. The van der Waals surface area contributed by atoms with Gasteiger partial charge in [0.2, 0.25) is 0 Å². The summed E-state index contributed by atoms with van der Waals surface area (Å²) in [6.07, 6.45) is 9.32. The maximum absolute atomic E-state index is 5.58. The Morgan fingerprint density at radius 3 is 3.00 bits per heavy atom. The zero-order valence-corrected chi connectivity index (χ0v) is 7.75. The predicted molar refractivity (Wildman–Crippen MR) is 49.9 cm³/mol. The molecule has 1 fully saturated rings. The monoisotopic (exact) mass is 167 g/mol. The lowest BCUT2D eigenvalue weighted by Gasteiger charge is -2.26. The van der Waals surface area contributed by atoms with E-state index in [1.54, 1.807) is 0 Å². The molecule has 1 heterocycles. The summed E-state index contributed by atoms with van der Waals surface area (Å²) in [7, 11) is 2.04. The minimum Gasteiger partial charge on any atom is -0.377 e. The van der Waals surface area contributed by atoms with Crippen molar-refractivity contribution >= 4 is 0 Å². The Morgan fingerprint density at radius 1 is 1.58 bits per heavy atom. The quantitative estimate of drug-likeness (QED) is 0.584. The Labute approximate surface area is 74.9 Å². The van der Waals surface area contributed by atoms with Crippen LogP contribution < -0.4 is 0 Å². The minimum atomic E-state index is 0.414. The number of ether oxygens (including phenoxy) is 1. The average Bonchev–Trinajstić information content (AvgIpc) is 2.06. The van der Waals surface area contributed by atoms with Crippen molar-refractivity contribution in [3.05, 3.63) is 0 Å². The van der Waals surface area contributed by atoms with E-state index in [-0.39, 0.29) is 0 Å². The van der Waals surface area contributed by atoms with Crippen LogP contribution in [0.25, 0.3) is 0 Å². The number of likely N-dealkylation sites (N-methyl/N-ethyl adjacent to an activating group) is 1. The van der Waals surface area contributed by atoms with Crippen molar-refractivity contribution in [2.75, 3.05) is 26.7 Å². The highest BCUT2D eigenvalue weighted by molar-refractivity contribution is 4.87. The lowest BCUT2D eigenvalue weighted by molar-refractivity contribution is 0.000464. The van der Waals surface area contributed by atoms with Gasteiger partial charge in [0.15, 0.2) is 0 Å². The van der Waals surface area contributed by atoms with Crippen LogP contribution in [0.15, 0.2) is 0 Å². The number of nitrogens with zero attached hydrogens (tertiary/aromatic N) is 1. The molecular formula is C10H17NO. The molecule has 1 aliphatic rings. The van der Waals surface area contributed by atoms with E-state index in [1.807, 2.05) is 7.05 Å². The van der Waals surface area contributed by atoms with Gasteiger partial charge in [0.25, 0.3) is 0 Å². The second-order valence-electron chi connectivity index (χ2n) is 3.39. The standard InChI is InChI=1S/C10H17NO/c1-3-7-11(2)9-10-6-4-5-8-12-10/h1,10H,4-9H2,2H3.